The summed E-state index contributed by atoms with van der Waals surface area (Å²) in [4.78, 5) is 38.1. The van der Waals surface area contributed by atoms with Crippen LogP contribution in [0.4, 0.5) is 22.7 Å². The van der Waals surface area contributed by atoms with Gasteiger partial charge in [0.15, 0.2) is 11.5 Å². The maximum atomic E-state index is 13.4. The molecule has 51 heavy (non-hydrogen) atoms. The highest BCUT2D eigenvalue weighted by Gasteiger charge is 2.37. The number of aryl methyl sites for hydroxylation is 1. The average Bonchev–Trinajstić information content (AvgIpc) is 3.04. The van der Waals surface area contributed by atoms with Gasteiger partial charge >= 0.3 is 0 Å². The van der Waals surface area contributed by atoms with E-state index in [1.54, 1.807) is 32.9 Å². The molecule has 270 valence electrons. The Hall–Kier alpha value is -5.11. The lowest BCUT2D eigenvalue weighted by Gasteiger charge is -2.25. The molecule has 1 atom stereocenters. The second-order valence-corrected chi connectivity index (χ2v) is 14.2. The van der Waals surface area contributed by atoms with Crippen molar-refractivity contribution in [2.45, 2.75) is 50.5 Å². The van der Waals surface area contributed by atoms with E-state index in [1.807, 2.05) is 13.0 Å². The molecular weight excluding hydrogens is 709 g/mol. The van der Waals surface area contributed by atoms with E-state index in [0.29, 0.717) is 23.5 Å². The SMILES string of the molecule is COc1ccc(C)cc1NC(=O)C(Oc1ccc(N=Nc2c(SOOO)cc3cc(S(=O)(=O)O)cc(NC(C)=O)c3c2O)cc1)C(=O)C(C)(C)C. The highest BCUT2D eigenvalue weighted by molar-refractivity contribution is 7.94. The van der Waals surface area contributed by atoms with Crippen LogP contribution in [0.2, 0.25) is 0 Å². The topological polar surface area (TPSA) is 232 Å². The number of anilines is 2. The minimum absolute atomic E-state index is 0.0279. The van der Waals surface area contributed by atoms with Crippen LogP contribution in [0.3, 0.4) is 0 Å². The molecule has 0 radical (unpaired) electrons. The van der Waals surface area contributed by atoms with E-state index in [4.69, 9.17) is 14.7 Å². The number of phenolic OH excluding ortho intramolecular Hbond substituents is 1. The van der Waals surface area contributed by atoms with Crippen molar-refractivity contribution in [3.05, 3.63) is 66.2 Å². The number of phenols is 1. The van der Waals surface area contributed by atoms with Crippen molar-refractivity contribution in [1.82, 2.24) is 0 Å². The number of hydrogen-bond acceptors (Lipinski definition) is 14. The molecule has 0 saturated carbocycles. The smallest absolute Gasteiger partial charge is 0.294 e. The minimum Gasteiger partial charge on any atom is -0.505 e. The van der Waals surface area contributed by atoms with Gasteiger partial charge in [-0.15, -0.1) is 9.45 Å². The van der Waals surface area contributed by atoms with E-state index in [9.17, 15) is 32.5 Å². The lowest BCUT2D eigenvalue weighted by molar-refractivity contribution is -0.432. The Balaban J connectivity index is 1.69. The van der Waals surface area contributed by atoms with Gasteiger partial charge in [-0.05, 0) is 72.5 Å². The Kier molecular flexibility index (Phi) is 12.0. The van der Waals surface area contributed by atoms with Crippen LogP contribution < -0.4 is 20.1 Å². The summed E-state index contributed by atoms with van der Waals surface area (Å²) in [7, 11) is -3.28. The van der Waals surface area contributed by atoms with Gasteiger partial charge in [-0.1, -0.05) is 31.9 Å². The second kappa shape index (κ2) is 15.8. The number of nitrogens with one attached hydrogen (secondary N) is 2. The number of methoxy groups -OCH3 is 1. The van der Waals surface area contributed by atoms with Gasteiger partial charge in [0.2, 0.25) is 12.0 Å². The number of fused-ring (bicyclic) bond motifs is 1. The average molecular weight is 743 g/mol. The first kappa shape index (κ1) is 38.7. The summed E-state index contributed by atoms with van der Waals surface area (Å²) in [6.45, 7) is 7.98. The highest BCUT2D eigenvalue weighted by Crippen LogP contribution is 2.47. The van der Waals surface area contributed by atoms with Crippen LogP contribution in [0.15, 0.2) is 80.7 Å². The molecule has 4 rings (SSSR count). The largest absolute Gasteiger partial charge is 0.505 e. The van der Waals surface area contributed by atoms with E-state index in [0.717, 1.165) is 24.6 Å². The molecule has 0 aliphatic rings. The minimum atomic E-state index is -4.73. The van der Waals surface area contributed by atoms with E-state index in [-0.39, 0.29) is 38.5 Å². The maximum Gasteiger partial charge on any atom is 0.294 e. The number of amides is 2. The van der Waals surface area contributed by atoms with Crippen LogP contribution in [0.25, 0.3) is 10.8 Å². The molecule has 0 aliphatic heterocycles. The maximum absolute atomic E-state index is 13.4. The van der Waals surface area contributed by atoms with Gasteiger partial charge < -0.3 is 25.2 Å². The number of hydrogen-bond donors (Lipinski definition) is 5. The third-order valence-electron chi connectivity index (χ3n) is 7.07. The zero-order valence-electron chi connectivity index (χ0n) is 28.1. The fourth-order valence-corrected chi connectivity index (χ4v) is 5.72. The molecule has 0 spiro atoms. The normalized spacial score (nSPS) is 12.5. The quantitative estimate of drug-likeness (QED) is 0.0234. The summed E-state index contributed by atoms with van der Waals surface area (Å²) >= 11 is 0.381. The molecule has 0 bridgehead atoms. The van der Waals surface area contributed by atoms with Gasteiger partial charge in [-0.25, -0.2) is 5.26 Å². The van der Waals surface area contributed by atoms with Gasteiger partial charge in [-0.2, -0.15) is 13.5 Å². The molecule has 1 unspecified atom stereocenters. The Morgan fingerprint density at radius 3 is 2.22 bits per heavy atom. The van der Waals surface area contributed by atoms with Crippen LogP contribution in [-0.4, -0.2) is 54.1 Å². The van der Waals surface area contributed by atoms with Crippen LogP contribution in [0, 0.1) is 12.3 Å². The Bertz CT molecular complexity index is 2120. The van der Waals surface area contributed by atoms with Crippen molar-refractivity contribution in [3.8, 4) is 17.2 Å². The molecule has 4 aromatic rings. The molecular formula is C33H34N4O12S2. The number of Topliss-reactive ketones (excluding diaryl/α,β-unsaturated/α-hetero) is 1. The van der Waals surface area contributed by atoms with Crippen molar-refractivity contribution in [2.75, 3.05) is 17.7 Å². The number of ether oxygens (including phenoxy) is 2. The fraction of sp³-hybridized carbons (Fsp3) is 0.242. The predicted octanol–water partition coefficient (Wildman–Crippen LogP) is 6.91. The van der Waals surface area contributed by atoms with Crippen LogP contribution in [0.1, 0.15) is 33.3 Å². The molecule has 0 saturated heterocycles. The monoisotopic (exact) mass is 742 g/mol. The predicted molar refractivity (Wildman–Crippen MR) is 186 cm³/mol. The Morgan fingerprint density at radius 2 is 1.63 bits per heavy atom. The zero-order chi connectivity index (χ0) is 37.7. The molecule has 5 N–H and O–H groups in total. The number of rotatable bonds is 13. The van der Waals surface area contributed by atoms with Gasteiger partial charge in [0.1, 0.15) is 17.2 Å². The number of benzene rings is 4. The first-order valence-corrected chi connectivity index (χ1v) is 17.0. The highest BCUT2D eigenvalue weighted by atomic mass is 32.2. The van der Waals surface area contributed by atoms with E-state index < -0.39 is 49.9 Å². The number of carbonyl (C=O) groups excluding carboxylic acids is 3. The standard InChI is InChI=1S/C33H34N4O12S2/c1-17-7-12-25(46-6)23(13-17)35-32(41)30(31(40)33(3,4)5)47-21-10-8-20(9-11-21)36-37-28-26(50-49-48-42)15-19-14-22(51(43,44)45)16-24(34-18(2)38)27(19)29(28)39/h7-16,30,39,42H,1-6H3,(H,34,38)(H,35,41)(H,43,44,45). The summed E-state index contributed by atoms with van der Waals surface area (Å²) < 4.78 is 49.2. The molecule has 0 aromatic heterocycles. The molecule has 18 heteroatoms. The summed E-state index contributed by atoms with van der Waals surface area (Å²) in [6, 6.07) is 14.3. The number of aromatic hydroxyl groups is 1. The van der Waals surface area contributed by atoms with Gasteiger partial charge in [0.25, 0.3) is 16.0 Å². The van der Waals surface area contributed by atoms with Crippen molar-refractivity contribution in [1.29, 1.82) is 0 Å². The van der Waals surface area contributed by atoms with Crippen LogP contribution >= 0.6 is 12.0 Å². The van der Waals surface area contributed by atoms with Gasteiger partial charge in [-0.3, -0.25) is 18.9 Å². The van der Waals surface area contributed by atoms with Crippen LogP contribution in [0.5, 0.6) is 17.2 Å². The van der Waals surface area contributed by atoms with E-state index in [2.05, 4.69) is 30.2 Å². The summed E-state index contributed by atoms with van der Waals surface area (Å²) in [5.74, 6) is -1.84. The number of ketones is 1. The van der Waals surface area contributed by atoms with Crippen molar-refractivity contribution < 1.29 is 56.6 Å². The lowest BCUT2D eigenvalue weighted by atomic mass is 9.87. The first-order valence-electron chi connectivity index (χ1n) is 14.8. The Labute approximate surface area is 296 Å². The molecule has 2 amide bonds. The second-order valence-electron chi connectivity index (χ2n) is 12.0. The van der Waals surface area contributed by atoms with Crippen molar-refractivity contribution in [3.63, 3.8) is 0 Å². The van der Waals surface area contributed by atoms with Crippen molar-refractivity contribution >= 4 is 73.3 Å². The third kappa shape index (κ3) is 9.57. The number of carbonyl (C=O) groups is 3. The van der Waals surface area contributed by atoms with Gasteiger partial charge in [0, 0.05) is 17.7 Å². The Morgan fingerprint density at radius 1 is 0.941 bits per heavy atom. The summed E-state index contributed by atoms with van der Waals surface area (Å²) in [5.41, 5.74) is 0.0871. The third-order valence-corrected chi connectivity index (χ3v) is 8.52. The molecule has 0 aliphatic carbocycles. The summed E-state index contributed by atoms with van der Waals surface area (Å²) in [5, 5.41) is 37.0. The summed E-state index contributed by atoms with van der Waals surface area (Å²) in [6.07, 6.45) is -1.54. The molecule has 4 aromatic carbocycles. The van der Waals surface area contributed by atoms with Gasteiger partial charge in [0.05, 0.1) is 46.0 Å². The van der Waals surface area contributed by atoms with E-state index >= 15 is 0 Å². The lowest BCUT2D eigenvalue weighted by Crippen LogP contribution is -2.45. The van der Waals surface area contributed by atoms with Crippen LogP contribution in [-0.2, 0) is 33.9 Å². The first-order chi connectivity index (χ1) is 23.9. The molecule has 16 nitrogen and oxygen atoms in total. The van der Waals surface area contributed by atoms with Crippen molar-refractivity contribution in [2.24, 2.45) is 15.6 Å². The number of azo groups is 1. The van der Waals surface area contributed by atoms with E-state index in [1.165, 1.54) is 37.4 Å². The molecule has 0 heterocycles. The number of nitrogens with zero attached hydrogens (tertiary/aromatic N) is 2. The fourth-order valence-electron chi connectivity index (χ4n) is 4.68. The zero-order valence-corrected chi connectivity index (χ0v) is 29.7. The molecule has 0 fully saturated rings.